The van der Waals surface area contributed by atoms with Gasteiger partial charge in [-0.15, -0.1) is 0 Å². The summed E-state index contributed by atoms with van der Waals surface area (Å²) >= 11 is 0. The van der Waals surface area contributed by atoms with E-state index in [2.05, 4.69) is 10.3 Å². The Kier molecular flexibility index (Phi) is 4.58. The third-order valence-corrected chi connectivity index (χ3v) is 4.46. The van der Waals surface area contributed by atoms with E-state index in [1.165, 1.54) is 11.5 Å². The maximum atomic E-state index is 12.7. The van der Waals surface area contributed by atoms with Crippen molar-refractivity contribution in [1.82, 2.24) is 9.38 Å². The summed E-state index contributed by atoms with van der Waals surface area (Å²) in [6, 6.07) is 14.8. The van der Waals surface area contributed by atoms with E-state index in [0.717, 1.165) is 22.8 Å². The first kappa shape index (κ1) is 17.8. The number of rotatable bonds is 5. The molecule has 2 N–H and O–H groups in total. The molecule has 0 saturated heterocycles. The number of aromatic nitrogens is 2. The summed E-state index contributed by atoms with van der Waals surface area (Å²) in [5.41, 5.74) is 1.87. The molecule has 4 aromatic rings. The van der Waals surface area contributed by atoms with E-state index in [-0.39, 0.29) is 11.1 Å². The van der Waals surface area contributed by atoms with Gasteiger partial charge in [-0.2, -0.15) is 0 Å². The van der Waals surface area contributed by atoms with Gasteiger partial charge >= 0.3 is 0 Å². The summed E-state index contributed by atoms with van der Waals surface area (Å²) in [7, 11) is 1.52. The number of aryl methyl sites for hydroxylation is 1. The van der Waals surface area contributed by atoms with Crippen molar-refractivity contribution in [3.05, 3.63) is 76.4 Å². The molecule has 1 aromatic carbocycles. The lowest BCUT2D eigenvalue weighted by molar-refractivity contribution is 0.280. The number of hydrogen-bond acceptors (Lipinski definition) is 6. The smallest absolute Gasteiger partial charge is 0.265 e. The van der Waals surface area contributed by atoms with Crippen LogP contribution >= 0.6 is 0 Å². The largest absolute Gasteiger partial charge is 0.493 e. The van der Waals surface area contributed by atoms with Crippen LogP contribution in [0.3, 0.4) is 0 Å². The fraction of sp³-hybridized carbons (Fsp3) is 0.143. The highest BCUT2D eigenvalue weighted by Gasteiger charge is 2.15. The van der Waals surface area contributed by atoms with Gasteiger partial charge in [-0.3, -0.25) is 9.20 Å². The zero-order valence-corrected chi connectivity index (χ0v) is 15.5. The number of nitrogens with one attached hydrogen (secondary N) is 1. The fourth-order valence-electron chi connectivity index (χ4n) is 3.02. The first-order valence-corrected chi connectivity index (χ1v) is 8.73. The summed E-state index contributed by atoms with van der Waals surface area (Å²) < 4.78 is 12.3. The van der Waals surface area contributed by atoms with Crippen molar-refractivity contribution < 1.29 is 14.3 Å². The number of fused-ring (bicyclic) bond motifs is 1. The Morgan fingerprint density at radius 3 is 2.61 bits per heavy atom. The third kappa shape index (κ3) is 3.12. The van der Waals surface area contributed by atoms with Crippen LogP contribution < -0.4 is 15.6 Å². The monoisotopic (exact) mass is 377 g/mol. The molecule has 0 aliphatic rings. The van der Waals surface area contributed by atoms with Gasteiger partial charge in [0.15, 0.2) is 11.4 Å². The van der Waals surface area contributed by atoms with Crippen LogP contribution in [0.1, 0.15) is 11.3 Å². The molecule has 0 aliphatic carbocycles. The number of pyridine rings is 1. The Labute approximate surface area is 160 Å². The summed E-state index contributed by atoms with van der Waals surface area (Å²) in [5, 5.41) is 12.8. The van der Waals surface area contributed by atoms with Crippen LogP contribution in [0.5, 0.6) is 5.75 Å². The molecule has 0 spiro atoms. The molecule has 0 bridgehead atoms. The van der Waals surface area contributed by atoms with Gasteiger partial charge in [0.25, 0.3) is 5.56 Å². The number of aliphatic hydroxyl groups excluding tert-OH is 1. The molecule has 142 valence electrons. The molecule has 0 fully saturated rings. The quantitative estimate of drug-likeness (QED) is 0.553. The van der Waals surface area contributed by atoms with Crippen molar-refractivity contribution in [2.24, 2.45) is 0 Å². The van der Waals surface area contributed by atoms with Crippen LogP contribution in [-0.2, 0) is 6.61 Å². The second-order valence-corrected chi connectivity index (χ2v) is 6.29. The molecule has 28 heavy (non-hydrogen) atoms. The molecule has 3 aromatic heterocycles. The van der Waals surface area contributed by atoms with E-state index in [1.807, 2.05) is 43.3 Å². The summed E-state index contributed by atoms with van der Waals surface area (Å²) in [5.74, 6) is 2.39. The normalized spacial score (nSPS) is 11.0. The van der Waals surface area contributed by atoms with Crippen molar-refractivity contribution in [3.8, 4) is 17.1 Å². The number of benzene rings is 1. The van der Waals surface area contributed by atoms with Gasteiger partial charge in [0.05, 0.1) is 19.3 Å². The van der Waals surface area contributed by atoms with E-state index >= 15 is 0 Å². The van der Waals surface area contributed by atoms with Crippen molar-refractivity contribution in [3.63, 3.8) is 0 Å². The molecule has 0 unspecified atom stereocenters. The Morgan fingerprint density at radius 1 is 1.18 bits per heavy atom. The Hall–Kier alpha value is -3.58. The van der Waals surface area contributed by atoms with E-state index < -0.39 is 6.61 Å². The number of aliphatic hydroxyl groups is 1. The predicted octanol–water partition coefficient (Wildman–Crippen LogP) is 3.51. The van der Waals surface area contributed by atoms with E-state index in [9.17, 15) is 9.90 Å². The van der Waals surface area contributed by atoms with Crippen LogP contribution in [0.4, 0.5) is 11.5 Å². The van der Waals surface area contributed by atoms with Crippen molar-refractivity contribution in [2.75, 3.05) is 12.4 Å². The maximum absolute atomic E-state index is 12.7. The molecular formula is C21H19N3O4. The maximum Gasteiger partial charge on any atom is 0.265 e. The minimum Gasteiger partial charge on any atom is -0.493 e. The molecule has 0 aliphatic heterocycles. The lowest BCUT2D eigenvalue weighted by Crippen LogP contribution is -2.22. The van der Waals surface area contributed by atoms with Gasteiger partial charge in [-0.25, -0.2) is 4.98 Å². The summed E-state index contributed by atoms with van der Waals surface area (Å²) in [6.07, 6.45) is 1.59. The molecular weight excluding hydrogens is 358 g/mol. The average molecular weight is 377 g/mol. The van der Waals surface area contributed by atoms with Gasteiger partial charge in [0, 0.05) is 17.4 Å². The lowest BCUT2D eigenvalue weighted by atomic mass is 10.1. The highest BCUT2D eigenvalue weighted by atomic mass is 16.5. The molecule has 0 amide bonds. The highest BCUT2D eigenvalue weighted by Crippen LogP contribution is 2.26. The van der Waals surface area contributed by atoms with Crippen LogP contribution in [0.2, 0.25) is 0 Å². The van der Waals surface area contributed by atoms with Crippen LogP contribution in [0, 0.1) is 6.92 Å². The molecule has 0 atom stereocenters. The molecule has 7 nitrogen and oxygen atoms in total. The highest BCUT2D eigenvalue weighted by molar-refractivity contribution is 5.67. The van der Waals surface area contributed by atoms with Crippen molar-refractivity contribution >= 4 is 17.2 Å². The standard InChI is InChI=1S/C21H19N3O4/c1-13-5-10-17(28-13)14-6-8-15(9-7-14)22-19-16(12-25)21(26)24-11-3-4-18(27-2)20(24)23-19/h3-11,22,25H,12H2,1-2H3. The molecule has 4 rings (SSSR count). The van der Waals surface area contributed by atoms with Gasteiger partial charge in [-0.1, -0.05) is 0 Å². The number of furan rings is 1. The molecule has 7 heteroatoms. The van der Waals surface area contributed by atoms with Crippen LogP contribution in [0.25, 0.3) is 17.0 Å². The molecule has 0 radical (unpaired) electrons. The number of ether oxygens (including phenoxy) is 1. The SMILES string of the molecule is COc1cccn2c(=O)c(CO)c(Nc3ccc(-c4ccc(C)o4)cc3)nc12. The minimum atomic E-state index is -0.432. The lowest BCUT2D eigenvalue weighted by Gasteiger charge is -2.13. The van der Waals surface area contributed by atoms with Gasteiger partial charge in [0.2, 0.25) is 0 Å². The van der Waals surface area contributed by atoms with Gasteiger partial charge in [0.1, 0.15) is 17.3 Å². The van der Waals surface area contributed by atoms with E-state index in [0.29, 0.717) is 17.2 Å². The number of nitrogens with zero attached hydrogens (tertiary/aromatic N) is 2. The molecule has 3 heterocycles. The van der Waals surface area contributed by atoms with Crippen LogP contribution in [0.15, 0.2) is 63.9 Å². The van der Waals surface area contributed by atoms with E-state index in [4.69, 9.17) is 9.15 Å². The molecule has 0 saturated carbocycles. The zero-order chi connectivity index (χ0) is 19.7. The zero-order valence-electron chi connectivity index (χ0n) is 15.5. The van der Waals surface area contributed by atoms with Crippen molar-refractivity contribution in [1.29, 1.82) is 0 Å². The fourth-order valence-corrected chi connectivity index (χ4v) is 3.02. The Balaban J connectivity index is 1.73. The number of hydrogen-bond donors (Lipinski definition) is 2. The summed E-state index contributed by atoms with van der Waals surface area (Å²) in [6.45, 7) is 1.46. The number of anilines is 2. The van der Waals surface area contributed by atoms with Crippen molar-refractivity contribution in [2.45, 2.75) is 13.5 Å². The Bertz CT molecular complexity index is 1190. The van der Waals surface area contributed by atoms with Gasteiger partial charge in [-0.05, 0) is 55.5 Å². The number of methoxy groups -OCH3 is 1. The topological polar surface area (TPSA) is 89.0 Å². The first-order chi connectivity index (χ1) is 13.6. The first-order valence-electron chi connectivity index (χ1n) is 8.73. The summed E-state index contributed by atoms with van der Waals surface area (Å²) in [4.78, 5) is 17.2. The second kappa shape index (κ2) is 7.21. The minimum absolute atomic E-state index is 0.177. The predicted molar refractivity (Wildman–Crippen MR) is 106 cm³/mol. The van der Waals surface area contributed by atoms with Crippen LogP contribution in [-0.4, -0.2) is 21.6 Å². The third-order valence-electron chi connectivity index (χ3n) is 4.46. The second-order valence-electron chi connectivity index (χ2n) is 6.29. The Morgan fingerprint density at radius 2 is 1.96 bits per heavy atom. The van der Waals surface area contributed by atoms with Gasteiger partial charge < -0.3 is 19.6 Å². The van der Waals surface area contributed by atoms with E-state index in [1.54, 1.807) is 18.3 Å². The average Bonchev–Trinajstić information content (AvgIpc) is 3.15.